The van der Waals surface area contributed by atoms with Crippen molar-refractivity contribution < 1.29 is 13.2 Å². The Morgan fingerprint density at radius 3 is 1.47 bits per heavy atom. The Bertz CT molecular complexity index is 3390. The van der Waals surface area contributed by atoms with Crippen molar-refractivity contribution in [3.05, 3.63) is 191 Å². The third kappa shape index (κ3) is 6.05. The molecule has 60 heavy (non-hydrogen) atoms. The van der Waals surface area contributed by atoms with Crippen LogP contribution in [0.2, 0.25) is 0 Å². The first kappa shape index (κ1) is 36.9. The fraction of sp³-hybridized carbons (Fsp3) is 0.0926. The molecular formula is C54H38F3N3. The van der Waals surface area contributed by atoms with E-state index in [-0.39, 0.29) is 0 Å². The van der Waals surface area contributed by atoms with Gasteiger partial charge in [0, 0.05) is 32.7 Å². The van der Waals surface area contributed by atoms with Crippen molar-refractivity contribution in [2.24, 2.45) is 0 Å². The molecule has 0 unspecified atom stereocenters. The van der Waals surface area contributed by atoms with Gasteiger partial charge in [0.15, 0.2) is 0 Å². The maximum absolute atomic E-state index is 14.8. The summed E-state index contributed by atoms with van der Waals surface area (Å²) in [6.07, 6.45) is -4.61. The van der Waals surface area contributed by atoms with E-state index in [9.17, 15) is 18.4 Å². The molecule has 0 saturated carbocycles. The molecule has 2 heterocycles. The van der Waals surface area contributed by atoms with Crippen molar-refractivity contribution in [3.8, 4) is 50.8 Å². The molecule has 0 bridgehead atoms. The molecule has 290 valence electrons. The number of hydrogen-bond donors (Lipinski definition) is 0. The summed E-state index contributed by atoms with van der Waals surface area (Å²) in [6.45, 7) is 8.36. The van der Waals surface area contributed by atoms with Crippen molar-refractivity contribution >= 4 is 43.6 Å². The highest BCUT2D eigenvalue weighted by atomic mass is 19.4. The van der Waals surface area contributed by atoms with E-state index in [2.05, 4.69) is 128 Å². The molecule has 0 saturated heterocycles. The minimum Gasteiger partial charge on any atom is -0.309 e. The van der Waals surface area contributed by atoms with Gasteiger partial charge in [0.25, 0.3) is 0 Å². The van der Waals surface area contributed by atoms with E-state index in [0.717, 1.165) is 71.9 Å². The molecule has 10 aromatic rings. The fourth-order valence-corrected chi connectivity index (χ4v) is 9.30. The molecule has 0 atom stereocenters. The van der Waals surface area contributed by atoms with Crippen LogP contribution >= 0.6 is 0 Å². The van der Waals surface area contributed by atoms with Crippen LogP contribution in [0.5, 0.6) is 0 Å². The van der Waals surface area contributed by atoms with E-state index in [0.29, 0.717) is 28.1 Å². The SMILES string of the molecule is Cc1cc(C)cc(-c2ccc3c(c2)c2ccccc2n3-c2ccc(C(F)(F)F)cc2-c2cccc(C#N)c2-n2c3ccccc3c3cc(-c4cc(C)cc(C)c4)ccc32)c1. The zero-order valence-electron chi connectivity index (χ0n) is 33.5. The van der Waals surface area contributed by atoms with Crippen LogP contribution < -0.4 is 0 Å². The van der Waals surface area contributed by atoms with Gasteiger partial charge in [0.2, 0.25) is 0 Å². The highest BCUT2D eigenvalue weighted by molar-refractivity contribution is 6.13. The second-order valence-electron chi connectivity index (χ2n) is 16.0. The van der Waals surface area contributed by atoms with Crippen LogP contribution in [0.25, 0.3) is 88.4 Å². The van der Waals surface area contributed by atoms with Gasteiger partial charge in [0.05, 0.1) is 44.6 Å². The van der Waals surface area contributed by atoms with Gasteiger partial charge in [-0.1, -0.05) is 119 Å². The van der Waals surface area contributed by atoms with Crippen molar-refractivity contribution in [1.82, 2.24) is 9.13 Å². The summed E-state index contributed by atoms with van der Waals surface area (Å²) in [5.41, 5.74) is 13.9. The number of fused-ring (bicyclic) bond motifs is 6. The third-order valence-electron chi connectivity index (χ3n) is 11.7. The van der Waals surface area contributed by atoms with Crippen LogP contribution in [0.4, 0.5) is 13.2 Å². The van der Waals surface area contributed by atoms with E-state index in [1.807, 2.05) is 42.5 Å². The monoisotopic (exact) mass is 785 g/mol. The Kier molecular flexibility index (Phi) is 8.55. The second-order valence-corrected chi connectivity index (χ2v) is 16.0. The Morgan fingerprint density at radius 2 is 0.933 bits per heavy atom. The van der Waals surface area contributed by atoms with Gasteiger partial charge in [0.1, 0.15) is 6.07 Å². The average Bonchev–Trinajstić information content (AvgIpc) is 3.74. The standard InChI is InChI=1S/C54H38F3N3/c1-32-22-33(2)25-39(24-32)36-16-19-50-45(28-36)42-11-5-7-14-48(42)59(50)51-21-18-41(54(55,56)57)30-47(51)44-13-9-10-38(31-58)53(44)60-49-15-8-6-12-43(49)46-29-37(17-20-52(46)60)40-26-34(3)23-35(4)27-40/h5-30H,1-4H3. The lowest BCUT2D eigenvalue weighted by Crippen LogP contribution is -2.08. The molecule has 0 N–H and O–H groups in total. The summed E-state index contributed by atoms with van der Waals surface area (Å²) in [6, 6.07) is 53.4. The Labute approximate surface area is 345 Å². The van der Waals surface area contributed by atoms with Crippen LogP contribution in [-0.2, 0) is 6.18 Å². The molecule has 0 spiro atoms. The summed E-state index contributed by atoms with van der Waals surface area (Å²) in [5.74, 6) is 0. The second kappa shape index (κ2) is 13.9. The van der Waals surface area contributed by atoms with Gasteiger partial charge >= 0.3 is 6.18 Å². The first-order valence-electron chi connectivity index (χ1n) is 20.0. The number of hydrogen-bond acceptors (Lipinski definition) is 1. The molecule has 0 aliphatic carbocycles. The molecule has 0 radical (unpaired) electrons. The van der Waals surface area contributed by atoms with E-state index in [4.69, 9.17) is 0 Å². The number of nitrogens with zero attached hydrogens (tertiary/aromatic N) is 3. The van der Waals surface area contributed by atoms with Crippen molar-refractivity contribution in [3.63, 3.8) is 0 Å². The molecule has 2 aromatic heterocycles. The van der Waals surface area contributed by atoms with Crippen LogP contribution in [0, 0.1) is 39.0 Å². The first-order valence-corrected chi connectivity index (χ1v) is 20.0. The largest absolute Gasteiger partial charge is 0.416 e. The number of alkyl halides is 3. The van der Waals surface area contributed by atoms with Crippen LogP contribution in [0.15, 0.2) is 158 Å². The highest BCUT2D eigenvalue weighted by Gasteiger charge is 2.32. The quantitative estimate of drug-likeness (QED) is 0.171. The van der Waals surface area contributed by atoms with E-state index in [1.54, 1.807) is 18.2 Å². The normalized spacial score (nSPS) is 11.9. The predicted molar refractivity (Wildman–Crippen MR) is 240 cm³/mol. The molecule has 0 amide bonds. The van der Waals surface area contributed by atoms with Crippen LogP contribution in [0.1, 0.15) is 33.4 Å². The van der Waals surface area contributed by atoms with Crippen LogP contribution in [0.3, 0.4) is 0 Å². The lowest BCUT2D eigenvalue weighted by Gasteiger charge is -2.21. The lowest BCUT2D eigenvalue weighted by atomic mass is 9.95. The molecular weight excluding hydrogens is 748 g/mol. The number of rotatable bonds is 5. The number of nitriles is 1. The van der Waals surface area contributed by atoms with Gasteiger partial charge in [-0.15, -0.1) is 0 Å². The highest BCUT2D eigenvalue weighted by Crippen LogP contribution is 2.45. The van der Waals surface area contributed by atoms with Crippen LogP contribution in [-0.4, -0.2) is 9.13 Å². The average molecular weight is 786 g/mol. The summed E-state index contributed by atoms with van der Waals surface area (Å²) in [7, 11) is 0. The molecule has 0 fully saturated rings. The van der Waals surface area contributed by atoms with E-state index in [1.165, 1.54) is 28.3 Å². The zero-order chi connectivity index (χ0) is 41.4. The minimum atomic E-state index is -4.61. The number of aromatic nitrogens is 2. The Morgan fingerprint density at radius 1 is 0.433 bits per heavy atom. The summed E-state index contributed by atoms with van der Waals surface area (Å²) < 4.78 is 48.6. The number of benzene rings is 8. The van der Waals surface area contributed by atoms with Gasteiger partial charge in [-0.3, -0.25) is 0 Å². The molecule has 0 aliphatic heterocycles. The molecule has 10 rings (SSSR count). The van der Waals surface area contributed by atoms with Crippen molar-refractivity contribution in [2.75, 3.05) is 0 Å². The first-order chi connectivity index (χ1) is 29.0. The zero-order valence-corrected chi connectivity index (χ0v) is 33.5. The van der Waals surface area contributed by atoms with Gasteiger partial charge in [-0.05, 0) is 111 Å². The number of halogens is 3. The van der Waals surface area contributed by atoms with Gasteiger partial charge in [-0.25, -0.2) is 0 Å². The summed E-state index contributed by atoms with van der Waals surface area (Å²) in [4.78, 5) is 0. The number of para-hydroxylation sites is 3. The lowest BCUT2D eigenvalue weighted by molar-refractivity contribution is -0.137. The summed E-state index contributed by atoms with van der Waals surface area (Å²) >= 11 is 0. The molecule has 3 nitrogen and oxygen atoms in total. The Balaban J connectivity index is 1.27. The van der Waals surface area contributed by atoms with Gasteiger partial charge in [-0.2, -0.15) is 18.4 Å². The number of aryl methyl sites for hydroxylation is 4. The minimum absolute atomic E-state index is 0.345. The molecule has 8 aromatic carbocycles. The molecule has 0 aliphatic rings. The van der Waals surface area contributed by atoms with Crippen molar-refractivity contribution in [2.45, 2.75) is 33.9 Å². The summed E-state index contributed by atoms with van der Waals surface area (Å²) in [5, 5.41) is 14.7. The predicted octanol–water partition coefficient (Wildman–Crippen LogP) is 15.0. The fourth-order valence-electron chi connectivity index (χ4n) is 9.30. The maximum atomic E-state index is 14.8. The van der Waals surface area contributed by atoms with E-state index < -0.39 is 11.7 Å². The Hall–Kier alpha value is -7.36. The topological polar surface area (TPSA) is 33.6 Å². The van der Waals surface area contributed by atoms with Crippen molar-refractivity contribution in [1.29, 1.82) is 5.26 Å². The smallest absolute Gasteiger partial charge is 0.309 e. The van der Waals surface area contributed by atoms with E-state index >= 15 is 0 Å². The van der Waals surface area contributed by atoms with Gasteiger partial charge < -0.3 is 9.13 Å². The molecule has 6 heteroatoms. The third-order valence-corrected chi connectivity index (χ3v) is 11.7. The maximum Gasteiger partial charge on any atom is 0.416 e.